The minimum Gasteiger partial charge on any atom is -0.478 e. The Hall–Kier alpha value is -4.06. The molecule has 1 aliphatic rings. The second-order valence-electron chi connectivity index (χ2n) is 6.70. The molecule has 9 heteroatoms. The molecule has 156 valence electrons. The number of rotatable bonds is 4. The molecule has 1 saturated heterocycles. The van der Waals surface area contributed by atoms with Gasteiger partial charge in [-0.15, -0.1) is 0 Å². The number of carbonyl (C=O) groups excluding carboxylic acids is 1. The monoisotopic (exact) mass is 421 g/mol. The van der Waals surface area contributed by atoms with Gasteiger partial charge in [-0.3, -0.25) is 4.79 Å². The Balaban J connectivity index is 1.49. The Morgan fingerprint density at radius 2 is 2.23 bits per heavy atom. The summed E-state index contributed by atoms with van der Waals surface area (Å²) in [7, 11) is 0. The Kier molecular flexibility index (Phi) is 5.71. The maximum Gasteiger partial charge on any atom is 0.246 e. The van der Waals surface area contributed by atoms with E-state index in [-0.39, 0.29) is 18.3 Å². The fourth-order valence-corrected chi connectivity index (χ4v) is 3.12. The van der Waals surface area contributed by atoms with Crippen molar-refractivity contribution in [2.24, 2.45) is 4.99 Å². The third-order valence-corrected chi connectivity index (χ3v) is 4.61. The molecule has 1 aromatic carbocycles. The van der Waals surface area contributed by atoms with Crippen LogP contribution in [0.2, 0.25) is 0 Å². The van der Waals surface area contributed by atoms with Gasteiger partial charge >= 0.3 is 0 Å². The van der Waals surface area contributed by atoms with Gasteiger partial charge in [-0.25, -0.2) is 23.7 Å². The standard InChI is InChI=1S/C22H17F2N5O2/c1-2-20(30)29-8-7-16(12-29)28-22-17-11-15(27-21(17)25-13-26-22)4-3-9-31-19-10-14(23)5-6-18(19)24/h2,5-6,10-11,13H,1,7-9,12H2,(H,25,26,27). The third-order valence-electron chi connectivity index (χ3n) is 4.61. The number of H-pyrrole nitrogens is 1. The van der Waals surface area contributed by atoms with Gasteiger partial charge in [0.2, 0.25) is 5.91 Å². The number of hydrogen-bond donors (Lipinski definition) is 1. The normalized spacial score (nSPS) is 14.5. The van der Waals surface area contributed by atoms with Crippen LogP contribution in [0.25, 0.3) is 11.0 Å². The molecule has 0 unspecified atom stereocenters. The van der Waals surface area contributed by atoms with E-state index in [0.717, 1.165) is 23.9 Å². The highest BCUT2D eigenvalue weighted by Gasteiger charge is 2.21. The van der Waals surface area contributed by atoms with Crippen molar-refractivity contribution in [3.8, 4) is 17.6 Å². The van der Waals surface area contributed by atoms with Crippen LogP contribution in [0, 0.1) is 23.5 Å². The summed E-state index contributed by atoms with van der Waals surface area (Å²) in [6.45, 7) is 4.40. The summed E-state index contributed by atoms with van der Waals surface area (Å²) in [5.74, 6) is 4.51. The first-order valence-electron chi connectivity index (χ1n) is 9.41. The van der Waals surface area contributed by atoms with Crippen molar-refractivity contribution in [2.45, 2.75) is 6.42 Å². The lowest BCUT2D eigenvalue weighted by atomic mass is 10.3. The molecule has 0 spiro atoms. The number of amides is 1. The summed E-state index contributed by atoms with van der Waals surface area (Å²) < 4.78 is 31.9. The Morgan fingerprint density at radius 1 is 1.35 bits per heavy atom. The molecule has 0 atom stereocenters. The van der Waals surface area contributed by atoms with E-state index in [1.54, 1.807) is 11.0 Å². The first-order valence-corrected chi connectivity index (χ1v) is 9.41. The first-order chi connectivity index (χ1) is 15.0. The number of aromatic amines is 1. The maximum absolute atomic E-state index is 13.6. The number of ether oxygens (including phenoxy) is 1. The number of halogens is 2. The number of fused-ring (bicyclic) bond motifs is 1. The number of nitrogens with one attached hydrogen (secondary N) is 1. The second-order valence-corrected chi connectivity index (χ2v) is 6.70. The minimum atomic E-state index is -0.659. The van der Waals surface area contributed by atoms with E-state index >= 15 is 0 Å². The van der Waals surface area contributed by atoms with Crippen LogP contribution in [-0.4, -0.2) is 51.2 Å². The topological polar surface area (TPSA) is 83.5 Å². The number of nitrogens with zero attached hydrogens (tertiary/aromatic N) is 4. The molecule has 0 radical (unpaired) electrons. The van der Waals surface area contributed by atoms with Crippen molar-refractivity contribution in [3.63, 3.8) is 0 Å². The molecule has 0 saturated carbocycles. The fourth-order valence-electron chi connectivity index (χ4n) is 3.12. The third kappa shape index (κ3) is 4.59. The van der Waals surface area contributed by atoms with Gasteiger partial charge < -0.3 is 14.6 Å². The van der Waals surface area contributed by atoms with E-state index < -0.39 is 11.6 Å². The van der Waals surface area contributed by atoms with Crippen LogP contribution in [0.15, 0.2) is 48.2 Å². The van der Waals surface area contributed by atoms with Crippen LogP contribution in [0.5, 0.6) is 5.75 Å². The van der Waals surface area contributed by atoms with Gasteiger partial charge in [0.15, 0.2) is 17.4 Å². The predicted molar refractivity (Wildman–Crippen MR) is 111 cm³/mol. The van der Waals surface area contributed by atoms with Gasteiger partial charge in [-0.05, 0) is 30.2 Å². The maximum atomic E-state index is 13.6. The van der Waals surface area contributed by atoms with Crippen molar-refractivity contribution in [1.29, 1.82) is 0 Å². The van der Waals surface area contributed by atoms with Gasteiger partial charge in [0.25, 0.3) is 0 Å². The molecule has 31 heavy (non-hydrogen) atoms. The highest BCUT2D eigenvalue weighted by Crippen LogP contribution is 2.24. The largest absolute Gasteiger partial charge is 0.478 e. The molecule has 1 amide bonds. The van der Waals surface area contributed by atoms with Gasteiger partial charge in [0.05, 0.1) is 17.6 Å². The lowest BCUT2D eigenvalue weighted by Crippen LogP contribution is -2.26. The van der Waals surface area contributed by atoms with E-state index in [0.29, 0.717) is 42.1 Å². The molecule has 0 bridgehead atoms. The van der Waals surface area contributed by atoms with Crippen LogP contribution < -0.4 is 4.74 Å². The fraction of sp³-hybridized carbons (Fsp3) is 0.182. The summed E-state index contributed by atoms with van der Waals surface area (Å²) in [6, 6.07) is 4.73. The molecule has 3 aromatic rings. The Morgan fingerprint density at radius 3 is 3.06 bits per heavy atom. The number of hydrogen-bond acceptors (Lipinski definition) is 5. The highest BCUT2D eigenvalue weighted by atomic mass is 19.1. The van der Waals surface area contributed by atoms with Crippen LogP contribution >= 0.6 is 0 Å². The van der Waals surface area contributed by atoms with Crippen LogP contribution in [0.3, 0.4) is 0 Å². The summed E-state index contributed by atoms with van der Waals surface area (Å²) in [4.78, 5) is 29.5. The summed E-state index contributed by atoms with van der Waals surface area (Å²) in [5, 5.41) is 0.685. The van der Waals surface area contributed by atoms with E-state index in [9.17, 15) is 13.6 Å². The van der Waals surface area contributed by atoms with Crippen molar-refractivity contribution in [3.05, 3.63) is 60.6 Å². The quantitative estimate of drug-likeness (QED) is 0.518. The number of likely N-dealkylation sites (tertiary alicyclic amines) is 1. The highest BCUT2D eigenvalue weighted by molar-refractivity contribution is 5.99. The molecule has 7 nitrogen and oxygen atoms in total. The van der Waals surface area contributed by atoms with Crippen LogP contribution in [0.1, 0.15) is 12.1 Å². The molecule has 0 aliphatic carbocycles. The molecular formula is C22H17F2N5O2. The van der Waals surface area contributed by atoms with Crippen LogP contribution in [-0.2, 0) is 4.79 Å². The molecule has 4 rings (SSSR count). The average Bonchev–Trinajstić information content (AvgIpc) is 3.40. The van der Waals surface area contributed by atoms with E-state index in [4.69, 9.17) is 4.74 Å². The zero-order chi connectivity index (χ0) is 21.8. The summed E-state index contributed by atoms with van der Waals surface area (Å²) in [6.07, 6.45) is 3.35. The molecule has 1 fully saturated rings. The van der Waals surface area contributed by atoms with E-state index in [1.165, 1.54) is 12.4 Å². The van der Waals surface area contributed by atoms with Crippen molar-refractivity contribution < 1.29 is 18.3 Å². The summed E-state index contributed by atoms with van der Waals surface area (Å²) in [5.41, 5.74) is 1.96. The lowest BCUT2D eigenvalue weighted by Gasteiger charge is -2.10. The number of benzene rings is 1. The Labute approximate surface area is 176 Å². The average molecular weight is 421 g/mol. The number of aromatic nitrogens is 3. The molecule has 1 aliphatic heterocycles. The zero-order valence-corrected chi connectivity index (χ0v) is 16.4. The predicted octanol–water partition coefficient (Wildman–Crippen LogP) is 3.16. The molecule has 3 heterocycles. The van der Waals surface area contributed by atoms with Crippen molar-refractivity contribution >= 4 is 28.5 Å². The zero-order valence-electron chi connectivity index (χ0n) is 16.4. The molecule has 1 N–H and O–H groups in total. The number of aliphatic imine (C=N–C) groups is 1. The van der Waals surface area contributed by atoms with Crippen molar-refractivity contribution in [2.75, 3.05) is 19.7 Å². The van der Waals surface area contributed by atoms with E-state index in [1.807, 2.05) is 0 Å². The smallest absolute Gasteiger partial charge is 0.246 e. The SMILES string of the molecule is C=CC(=O)N1CCC(=Nc2ncnc3[nH]c(C#CCOc4cc(F)ccc4F)cc23)C1. The van der Waals surface area contributed by atoms with Crippen molar-refractivity contribution in [1.82, 2.24) is 19.9 Å². The van der Waals surface area contributed by atoms with E-state index in [2.05, 4.69) is 38.4 Å². The summed E-state index contributed by atoms with van der Waals surface area (Å²) >= 11 is 0. The van der Waals surface area contributed by atoms with Gasteiger partial charge in [0, 0.05) is 24.7 Å². The van der Waals surface area contributed by atoms with Gasteiger partial charge in [-0.1, -0.05) is 12.5 Å². The minimum absolute atomic E-state index is 0.121. The Bertz CT molecular complexity index is 1260. The van der Waals surface area contributed by atoms with Crippen LogP contribution in [0.4, 0.5) is 14.6 Å². The lowest BCUT2D eigenvalue weighted by molar-refractivity contribution is -0.124. The van der Waals surface area contributed by atoms with Gasteiger partial charge in [-0.2, -0.15) is 0 Å². The van der Waals surface area contributed by atoms with Gasteiger partial charge in [0.1, 0.15) is 24.4 Å². The molecule has 2 aromatic heterocycles. The number of carbonyl (C=O) groups is 1. The second kappa shape index (κ2) is 8.75. The molecular weight excluding hydrogens is 404 g/mol. The first kappa shape index (κ1) is 20.2.